The Morgan fingerprint density at radius 1 is 1.53 bits per heavy atom. The van der Waals surface area contributed by atoms with Crippen molar-refractivity contribution in [1.82, 2.24) is 10.6 Å². The van der Waals surface area contributed by atoms with Crippen LogP contribution >= 0.6 is 11.8 Å². The lowest BCUT2D eigenvalue weighted by atomic mass is 9.82. The van der Waals surface area contributed by atoms with Crippen LogP contribution in [-0.2, 0) is 4.79 Å². The van der Waals surface area contributed by atoms with Crippen LogP contribution in [0.25, 0.3) is 0 Å². The van der Waals surface area contributed by atoms with E-state index in [0.29, 0.717) is 11.5 Å². The second kappa shape index (κ2) is 6.64. The van der Waals surface area contributed by atoms with Crippen LogP contribution in [0.1, 0.15) is 40.5 Å². The van der Waals surface area contributed by atoms with Crippen LogP contribution in [0.15, 0.2) is 0 Å². The van der Waals surface area contributed by atoms with Crippen LogP contribution in [0.3, 0.4) is 0 Å². The maximum atomic E-state index is 11.8. The molecule has 0 radical (unpaired) electrons. The zero-order valence-corrected chi connectivity index (χ0v) is 12.3. The van der Waals surface area contributed by atoms with Gasteiger partial charge < -0.3 is 10.6 Å². The van der Waals surface area contributed by atoms with Gasteiger partial charge in [0.25, 0.3) is 0 Å². The third-order valence-corrected chi connectivity index (χ3v) is 4.57. The lowest BCUT2D eigenvalue weighted by Gasteiger charge is -2.40. The molecule has 1 heterocycles. The monoisotopic (exact) mass is 258 g/mol. The standard InChI is InChI=1S/C13H26N2OS/c1-5-7-14-12(16)10(2)15-11-9-17-8-6-13(11,3)4/h10-11,15H,5-9H2,1-4H3,(H,14,16). The Morgan fingerprint density at radius 2 is 2.24 bits per heavy atom. The largest absolute Gasteiger partial charge is 0.355 e. The second-order valence-electron chi connectivity index (χ2n) is 5.55. The smallest absolute Gasteiger partial charge is 0.236 e. The van der Waals surface area contributed by atoms with Crippen LogP contribution in [0, 0.1) is 5.41 Å². The highest BCUT2D eigenvalue weighted by Crippen LogP contribution is 2.34. The van der Waals surface area contributed by atoms with Crippen molar-refractivity contribution in [2.75, 3.05) is 18.1 Å². The number of rotatable bonds is 5. The topological polar surface area (TPSA) is 41.1 Å². The zero-order valence-electron chi connectivity index (χ0n) is 11.5. The Labute approximate surface area is 109 Å². The Bertz CT molecular complexity index is 256. The molecule has 0 spiro atoms. The molecule has 1 aliphatic heterocycles. The van der Waals surface area contributed by atoms with Crippen molar-refractivity contribution >= 4 is 17.7 Å². The number of hydrogen-bond acceptors (Lipinski definition) is 3. The van der Waals surface area contributed by atoms with Gasteiger partial charge in [-0.05, 0) is 30.9 Å². The number of carbonyl (C=O) groups excluding carboxylic acids is 1. The van der Waals surface area contributed by atoms with Crippen LogP contribution in [0.4, 0.5) is 0 Å². The van der Waals surface area contributed by atoms with Crippen LogP contribution in [0.2, 0.25) is 0 Å². The Balaban J connectivity index is 2.43. The van der Waals surface area contributed by atoms with Gasteiger partial charge in [0, 0.05) is 18.3 Å². The summed E-state index contributed by atoms with van der Waals surface area (Å²) in [7, 11) is 0. The van der Waals surface area contributed by atoms with Crippen molar-refractivity contribution in [3.8, 4) is 0 Å². The predicted molar refractivity (Wildman–Crippen MR) is 75.4 cm³/mol. The van der Waals surface area contributed by atoms with Gasteiger partial charge >= 0.3 is 0 Å². The predicted octanol–water partition coefficient (Wildman–Crippen LogP) is 2.02. The summed E-state index contributed by atoms with van der Waals surface area (Å²) >= 11 is 1.98. The molecule has 0 aromatic carbocycles. The average Bonchev–Trinajstić information content (AvgIpc) is 2.28. The van der Waals surface area contributed by atoms with Crippen molar-refractivity contribution < 1.29 is 4.79 Å². The van der Waals surface area contributed by atoms with Crippen molar-refractivity contribution in [3.63, 3.8) is 0 Å². The summed E-state index contributed by atoms with van der Waals surface area (Å²) in [6, 6.07) is 0.341. The Morgan fingerprint density at radius 3 is 2.82 bits per heavy atom. The van der Waals surface area contributed by atoms with Crippen LogP contribution in [0.5, 0.6) is 0 Å². The van der Waals surface area contributed by atoms with E-state index in [-0.39, 0.29) is 11.9 Å². The van der Waals surface area contributed by atoms with Crippen molar-refractivity contribution in [3.05, 3.63) is 0 Å². The van der Waals surface area contributed by atoms with E-state index in [1.807, 2.05) is 18.7 Å². The van der Waals surface area contributed by atoms with Crippen molar-refractivity contribution in [2.45, 2.75) is 52.6 Å². The quantitative estimate of drug-likeness (QED) is 0.793. The van der Waals surface area contributed by atoms with Gasteiger partial charge in [-0.15, -0.1) is 0 Å². The van der Waals surface area contributed by atoms with Gasteiger partial charge in [-0.1, -0.05) is 20.8 Å². The zero-order chi connectivity index (χ0) is 12.9. The van der Waals surface area contributed by atoms with Crippen molar-refractivity contribution in [2.24, 2.45) is 5.41 Å². The number of hydrogen-bond donors (Lipinski definition) is 2. The molecule has 0 bridgehead atoms. The number of nitrogens with one attached hydrogen (secondary N) is 2. The summed E-state index contributed by atoms with van der Waals surface area (Å²) in [4.78, 5) is 11.8. The molecule has 0 saturated carbocycles. The molecular weight excluding hydrogens is 232 g/mol. The molecule has 1 fully saturated rings. The van der Waals surface area contributed by atoms with E-state index >= 15 is 0 Å². The number of carbonyl (C=O) groups is 1. The molecule has 0 aromatic heterocycles. The fourth-order valence-corrected chi connectivity index (χ4v) is 3.61. The van der Waals surface area contributed by atoms with Gasteiger partial charge in [-0.25, -0.2) is 0 Å². The SMILES string of the molecule is CCCNC(=O)C(C)NC1CSCCC1(C)C. The third-order valence-electron chi connectivity index (χ3n) is 3.51. The van der Waals surface area contributed by atoms with Gasteiger partial charge in [-0.3, -0.25) is 4.79 Å². The third kappa shape index (κ3) is 4.51. The summed E-state index contributed by atoms with van der Waals surface area (Å²) in [6.07, 6.45) is 2.21. The average molecular weight is 258 g/mol. The van der Waals surface area contributed by atoms with Gasteiger partial charge in [0.1, 0.15) is 0 Å². The molecule has 3 nitrogen and oxygen atoms in total. The Kier molecular flexibility index (Phi) is 5.80. The Hall–Kier alpha value is -0.220. The lowest BCUT2D eigenvalue weighted by molar-refractivity contribution is -0.123. The molecule has 2 unspecified atom stereocenters. The van der Waals surface area contributed by atoms with E-state index in [4.69, 9.17) is 0 Å². The number of amides is 1. The maximum Gasteiger partial charge on any atom is 0.236 e. The van der Waals surface area contributed by atoms with E-state index in [9.17, 15) is 4.79 Å². The minimum atomic E-state index is -0.0930. The second-order valence-corrected chi connectivity index (χ2v) is 6.70. The molecule has 1 rings (SSSR count). The van der Waals surface area contributed by atoms with Crippen LogP contribution in [-0.4, -0.2) is 36.0 Å². The van der Waals surface area contributed by atoms with E-state index in [1.165, 1.54) is 12.2 Å². The molecule has 4 heteroatoms. The molecule has 1 aliphatic rings. The first-order chi connectivity index (χ1) is 7.97. The summed E-state index contributed by atoms with van der Waals surface area (Å²) < 4.78 is 0. The highest BCUT2D eigenvalue weighted by atomic mass is 32.2. The molecule has 0 aromatic rings. The van der Waals surface area contributed by atoms with E-state index < -0.39 is 0 Å². The summed E-state index contributed by atoms with van der Waals surface area (Å²) in [5, 5.41) is 6.43. The van der Waals surface area contributed by atoms with Gasteiger partial charge in [0.15, 0.2) is 0 Å². The van der Waals surface area contributed by atoms with Gasteiger partial charge in [-0.2, -0.15) is 11.8 Å². The first-order valence-electron chi connectivity index (χ1n) is 6.59. The molecule has 100 valence electrons. The normalized spacial score (nSPS) is 25.3. The molecule has 1 saturated heterocycles. The van der Waals surface area contributed by atoms with Crippen LogP contribution < -0.4 is 10.6 Å². The fourth-order valence-electron chi connectivity index (χ4n) is 1.99. The summed E-state index contributed by atoms with van der Waals surface area (Å²) in [5.74, 6) is 2.47. The van der Waals surface area contributed by atoms with Crippen molar-refractivity contribution in [1.29, 1.82) is 0 Å². The minimum absolute atomic E-state index is 0.0930. The molecule has 2 atom stereocenters. The number of thioether (sulfide) groups is 1. The molecule has 17 heavy (non-hydrogen) atoms. The van der Waals surface area contributed by atoms with E-state index in [0.717, 1.165) is 18.7 Å². The summed E-state index contributed by atoms with van der Waals surface area (Å²) in [5.41, 5.74) is 0.296. The molecule has 2 N–H and O–H groups in total. The molecule has 1 amide bonds. The van der Waals surface area contributed by atoms with Gasteiger partial charge in [0.2, 0.25) is 5.91 Å². The van der Waals surface area contributed by atoms with E-state index in [1.54, 1.807) is 0 Å². The van der Waals surface area contributed by atoms with E-state index in [2.05, 4.69) is 31.4 Å². The minimum Gasteiger partial charge on any atom is -0.355 e. The lowest BCUT2D eigenvalue weighted by Crippen LogP contribution is -2.54. The van der Waals surface area contributed by atoms with Gasteiger partial charge in [0.05, 0.1) is 6.04 Å². The fraction of sp³-hybridized carbons (Fsp3) is 0.923. The first kappa shape index (κ1) is 14.8. The maximum absolute atomic E-state index is 11.8. The summed E-state index contributed by atoms with van der Waals surface area (Å²) in [6.45, 7) is 9.38. The highest BCUT2D eigenvalue weighted by molar-refractivity contribution is 7.99. The highest BCUT2D eigenvalue weighted by Gasteiger charge is 2.34. The molecule has 0 aliphatic carbocycles. The molecular formula is C13H26N2OS. The first-order valence-corrected chi connectivity index (χ1v) is 7.74.